The van der Waals surface area contributed by atoms with Crippen LogP contribution in [-0.2, 0) is 4.74 Å². The van der Waals surface area contributed by atoms with Crippen molar-refractivity contribution < 1.29 is 9.84 Å². The SMILES string of the molecule is CC1(C)CC[C@@]23CC[C@]4(C)[C@H](CC[C@H]5[C@@]6(C)CC[C@H](O)C(C)(C)[C@@H]6CC[C@@]54C)[C@@H]2[C@@H]1OC3. The lowest BCUT2D eigenvalue weighted by Crippen LogP contribution is -2.67. The fourth-order valence-corrected chi connectivity index (χ4v) is 12.0. The van der Waals surface area contributed by atoms with Crippen LogP contribution in [0.25, 0.3) is 0 Å². The summed E-state index contributed by atoms with van der Waals surface area (Å²) in [5.41, 5.74) is 2.16. The van der Waals surface area contributed by atoms with E-state index in [9.17, 15) is 5.11 Å². The standard InChI is InChI=1S/C30H50O2/c1-25(2)14-16-30-17-15-28(6)19(23(30)24(25)32-18-30)8-9-21-27(5)12-11-22(31)26(3,4)20(27)10-13-29(21,28)7/h19-24,31H,8-18H2,1-7H3/t19-,20+,21+,22+,23-,24+,27+,28-,29+,30+/m1/s1. The molecule has 6 fully saturated rings. The third-order valence-electron chi connectivity index (χ3n) is 14.1. The number of fused-ring (bicyclic) bond motifs is 5. The van der Waals surface area contributed by atoms with E-state index < -0.39 is 0 Å². The molecule has 5 saturated carbocycles. The minimum atomic E-state index is -0.122. The first-order chi connectivity index (χ1) is 14.8. The van der Waals surface area contributed by atoms with Crippen molar-refractivity contribution in [2.24, 2.45) is 56.2 Å². The summed E-state index contributed by atoms with van der Waals surface area (Å²) in [6.07, 6.45) is 13.7. The first-order valence-electron chi connectivity index (χ1n) is 14.1. The Bertz CT molecular complexity index is 801. The third kappa shape index (κ3) is 2.41. The highest BCUT2D eigenvalue weighted by Crippen LogP contribution is 2.78. The van der Waals surface area contributed by atoms with E-state index in [-0.39, 0.29) is 11.5 Å². The summed E-state index contributed by atoms with van der Waals surface area (Å²) in [5.74, 6) is 3.11. The van der Waals surface area contributed by atoms with E-state index in [1.807, 2.05) is 0 Å². The van der Waals surface area contributed by atoms with Crippen molar-refractivity contribution in [2.75, 3.05) is 6.61 Å². The summed E-state index contributed by atoms with van der Waals surface area (Å²) in [4.78, 5) is 0. The van der Waals surface area contributed by atoms with Crippen LogP contribution >= 0.6 is 0 Å². The van der Waals surface area contributed by atoms with Crippen LogP contribution in [0, 0.1) is 56.2 Å². The van der Waals surface area contributed by atoms with Crippen LogP contribution in [0.3, 0.4) is 0 Å². The van der Waals surface area contributed by atoms with Crippen molar-refractivity contribution >= 4 is 0 Å². The van der Waals surface area contributed by atoms with E-state index in [1.54, 1.807) is 0 Å². The summed E-state index contributed by atoms with van der Waals surface area (Å²) in [5, 5.41) is 10.9. The highest BCUT2D eigenvalue weighted by molar-refractivity contribution is 5.21. The molecule has 1 aliphatic heterocycles. The van der Waals surface area contributed by atoms with Crippen molar-refractivity contribution in [1.29, 1.82) is 0 Å². The number of aliphatic hydroxyl groups is 1. The second kappa shape index (κ2) is 6.37. The van der Waals surface area contributed by atoms with Gasteiger partial charge in [-0.05, 0) is 120 Å². The molecule has 1 N–H and O–H groups in total. The van der Waals surface area contributed by atoms with E-state index >= 15 is 0 Å². The summed E-state index contributed by atoms with van der Waals surface area (Å²) in [6.45, 7) is 18.9. The van der Waals surface area contributed by atoms with Gasteiger partial charge in [-0.2, -0.15) is 0 Å². The van der Waals surface area contributed by atoms with Crippen LogP contribution in [0.5, 0.6) is 0 Å². The lowest BCUT2D eigenvalue weighted by Gasteiger charge is -2.73. The van der Waals surface area contributed by atoms with Crippen molar-refractivity contribution in [3.8, 4) is 0 Å². The van der Waals surface area contributed by atoms with Crippen LogP contribution in [-0.4, -0.2) is 23.9 Å². The molecule has 0 aromatic carbocycles. The Morgan fingerprint density at radius 3 is 2.16 bits per heavy atom. The molecule has 6 rings (SSSR count). The third-order valence-corrected chi connectivity index (χ3v) is 14.1. The van der Waals surface area contributed by atoms with E-state index in [0.29, 0.717) is 39.1 Å². The minimum absolute atomic E-state index is 0.0586. The maximum Gasteiger partial charge on any atom is 0.0663 e. The first-order valence-corrected chi connectivity index (χ1v) is 14.1. The zero-order valence-corrected chi connectivity index (χ0v) is 22.1. The van der Waals surface area contributed by atoms with Crippen LogP contribution < -0.4 is 0 Å². The molecule has 0 spiro atoms. The average molecular weight is 443 g/mol. The molecule has 0 unspecified atom stereocenters. The van der Waals surface area contributed by atoms with Crippen LogP contribution in [0.15, 0.2) is 0 Å². The van der Waals surface area contributed by atoms with Crippen LogP contribution in [0.2, 0.25) is 0 Å². The molecule has 0 aromatic rings. The van der Waals surface area contributed by atoms with Gasteiger partial charge in [0.2, 0.25) is 0 Å². The maximum atomic E-state index is 10.9. The smallest absolute Gasteiger partial charge is 0.0663 e. The molecule has 32 heavy (non-hydrogen) atoms. The van der Waals surface area contributed by atoms with E-state index in [2.05, 4.69) is 48.5 Å². The van der Waals surface area contributed by atoms with Gasteiger partial charge in [-0.25, -0.2) is 0 Å². The van der Waals surface area contributed by atoms with Gasteiger partial charge < -0.3 is 9.84 Å². The van der Waals surface area contributed by atoms with Crippen molar-refractivity contribution in [1.82, 2.24) is 0 Å². The monoisotopic (exact) mass is 442 g/mol. The largest absolute Gasteiger partial charge is 0.393 e. The molecular formula is C30H50O2. The van der Waals surface area contributed by atoms with Crippen LogP contribution in [0.1, 0.15) is 113 Å². The van der Waals surface area contributed by atoms with Crippen molar-refractivity contribution in [3.63, 3.8) is 0 Å². The lowest BCUT2D eigenvalue weighted by molar-refractivity contribution is -0.252. The van der Waals surface area contributed by atoms with Gasteiger partial charge in [0, 0.05) is 0 Å². The Hall–Kier alpha value is -0.0800. The molecule has 2 bridgehead atoms. The second-order valence-corrected chi connectivity index (χ2v) is 15.7. The van der Waals surface area contributed by atoms with Gasteiger partial charge >= 0.3 is 0 Å². The lowest BCUT2D eigenvalue weighted by atomic mass is 9.31. The van der Waals surface area contributed by atoms with E-state index in [1.165, 1.54) is 57.8 Å². The summed E-state index contributed by atoms with van der Waals surface area (Å²) in [6, 6.07) is 0. The number of hydrogen-bond donors (Lipinski definition) is 1. The summed E-state index contributed by atoms with van der Waals surface area (Å²) >= 11 is 0. The normalized spacial score (nSPS) is 60.0. The highest BCUT2D eigenvalue weighted by atomic mass is 16.5. The molecule has 2 nitrogen and oxygen atoms in total. The Morgan fingerprint density at radius 1 is 0.688 bits per heavy atom. The zero-order chi connectivity index (χ0) is 22.9. The Morgan fingerprint density at radius 2 is 1.41 bits per heavy atom. The molecule has 1 saturated heterocycles. The molecular weight excluding hydrogens is 392 g/mol. The zero-order valence-electron chi connectivity index (χ0n) is 22.1. The summed E-state index contributed by atoms with van der Waals surface area (Å²) in [7, 11) is 0. The van der Waals surface area contributed by atoms with Gasteiger partial charge in [-0.1, -0.05) is 48.5 Å². The van der Waals surface area contributed by atoms with E-state index in [0.717, 1.165) is 30.8 Å². The molecule has 1 heterocycles. The highest BCUT2D eigenvalue weighted by Gasteiger charge is 2.72. The fraction of sp³-hybridized carbons (Fsp3) is 1.00. The fourth-order valence-electron chi connectivity index (χ4n) is 12.0. The molecule has 0 amide bonds. The minimum Gasteiger partial charge on any atom is -0.393 e. The Labute approximate surface area is 197 Å². The van der Waals surface area contributed by atoms with Gasteiger partial charge in [0.25, 0.3) is 0 Å². The predicted octanol–water partition coefficient (Wildman–Crippen LogP) is 7.24. The molecule has 0 aromatic heterocycles. The number of aliphatic hydroxyl groups excluding tert-OH is 1. The van der Waals surface area contributed by atoms with Gasteiger partial charge in [0.05, 0.1) is 18.8 Å². The van der Waals surface area contributed by atoms with Gasteiger partial charge in [0.15, 0.2) is 0 Å². The molecule has 5 aliphatic carbocycles. The average Bonchev–Trinajstić information content (AvgIpc) is 3.05. The number of ether oxygens (including phenoxy) is 1. The predicted molar refractivity (Wildman–Crippen MR) is 130 cm³/mol. The van der Waals surface area contributed by atoms with Gasteiger partial charge in [-0.3, -0.25) is 0 Å². The maximum absolute atomic E-state index is 10.9. The Balaban J connectivity index is 1.39. The topological polar surface area (TPSA) is 29.5 Å². The molecule has 2 heteroatoms. The van der Waals surface area contributed by atoms with Crippen molar-refractivity contribution in [2.45, 2.75) is 125 Å². The number of rotatable bonds is 0. The van der Waals surface area contributed by atoms with Crippen LogP contribution in [0.4, 0.5) is 0 Å². The second-order valence-electron chi connectivity index (χ2n) is 15.7. The number of hydrogen-bond acceptors (Lipinski definition) is 2. The first kappa shape index (κ1) is 22.4. The molecule has 10 atom stereocenters. The molecule has 6 aliphatic rings. The molecule has 0 radical (unpaired) electrons. The summed E-state index contributed by atoms with van der Waals surface area (Å²) < 4.78 is 6.71. The van der Waals surface area contributed by atoms with Gasteiger partial charge in [0.1, 0.15) is 0 Å². The van der Waals surface area contributed by atoms with Crippen molar-refractivity contribution in [3.05, 3.63) is 0 Å². The Kier molecular flexibility index (Phi) is 4.46. The molecule has 182 valence electrons. The quantitative estimate of drug-likeness (QED) is 0.428. The van der Waals surface area contributed by atoms with E-state index in [4.69, 9.17) is 4.74 Å². The van der Waals surface area contributed by atoms with Gasteiger partial charge in [-0.15, -0.1) is 0 Å².